The second-order valence-electron chi connectivity index (χ2n) is 7.33. The highest BCUT2D eigenvalue weighted by atomic mass is 16.2. The van der Waals surface area contributed by atoms with Crippen LogP contribution in [0.3, 0.4) is 0 Å². The van der Waals surface area contributed by atoms with E-state index in [0.29, 0.717) is 25.3 Å². The van der Waals surface area contributed by atoms with E-state index in [-0.39, 0.29) is 11.8 Å². The summed E-state index contributed by atoms with van der Waals surface area (Å²) in [7, 11) is 0. The Kier molecular flexibility index (Phi) is 7.48. The minimum absolute atomic E-state index is 0.126. The highest BCUT2D eigenvalue weighted by Crippen LogP contribution is 2.18. The third-order valence-corrected chi connectivity index (χ3v) is 5.04. The molecule has 0 aromatic heterocycles. The third-order valence-electron chi connectivity index (χ3n) is 5.04. The molecule has 1 atom stereocenters. The van der Waals surface area contributed by atoms with Crippen molar-refractivity contribution in [1.82, 2.24) is 10.2 Å². The van der Waals surface area contributed by atoms with Crippen LogP contribution in [-0.4, -0.2) is 36.3 Å². The molecule has 138 valence electrons. The summed E-state index contributed by atoms with van der Waals surface area (Å²) in [5.74, 6) is 0.755. The number of hydrogen-bond donors (Lipinski definition) is 1. The van der Waals surface area contributed by atoms with Gasteiger partial charge >= 0.3 is 0 Å². The number of benzene rings is 1. The standard InChI is InChI=1S/C21H32N2O2/c1-4-6-20(24)22-14-18-7-5-12-23(15-18)21(25)11-10-19-9-8-16(2)13-17(19)3/h8-9,13,18H,4-7,10-12,14-15H2,1-3H3,(H,22,24)/t18-/m0/s1. The van der Waals surface area contributed by atoms with Gasteiger partial charge in [0.1, 0.15) is 0 Å². The summed E-state index contributed by atoms with van der Waals surface area (Å²) in [4.78, 5) is 26.2. The summed E-state index contributed by atoms with van der Waals surface area (Å²) in [6.45, 7) is 8.54. The van der Waals surface area contributed by atoms with E-state index in [4.69, 9.17) is 0 Å². The van der Waals surface area contributed by atoms with Gasteiger partial charge in [0, 0.05) is 32.5 Å². The zero-order valence-electron chi connectivity index (χ0n) is 15.9. The SMILES string of the molecule is CCCC(=O)NC[C@@H]1CCCN(C(=O)CCc2ccc(C)cc2C)C1. The van der Waals surface area contributed by atoms with E-state index in [2.05, 4.69) is 37.4 Å². The fraction of sp³-hybridized carbons (Fsp3) is 0.619. The number of likely N-dealkylation sites (tertiary alicyclic amines) is 1. The van der Waals surface area contributed by atoms with Crippen LogP contribution in [0.15, 0.2) is 18.2 Å². The van der Waals surface area contributed by atoms with Crippen LogP contribution in [0.25, 0.3) is 0 Å². The van der Waals surface area contributed by atoms with Crippen molar-refractivity contribution in [3.63, 3.8) is 0 Å². The Bertz CT molecular complexity index is 598. The number of amides is 2. The van der Waals surface area contributed by atoms with Gasteiger partial charge in [-0.15, -0.1) is 0 Å². The predicted molar refractivity (Wildman–Crippen MR) is 101 cm³/mol. The van der Waals surface area contributed by atoms with Crippen LogP contribution in [0.1, 0.15) is 55.7 Å². The lowest BCUT2D eigenvalue weighted by Crippen LogP contribution is -2.43. The largest absolute Gasteiger partial charge is 0.356 e. The highest BCUT2D eigenvalue weighted by molar-refractivity contribution is 5.77. The molecule has 25 heavy (non-hydrogen) atoms. The molecule has 0 aliphatic carbocycles. The van der Waals surface area contributed by atoms with Gasteiger partial charge in [0.15, 0.2) is 0 Å². The lowest BCUT2D eigenvalue weighted by atomic mass is 9.96. The Morgan fingerprint density at radius 2 is 2.04 bits per heavy atom. The van der Waals surface area contributed by atoms with Gasteiger partial charge in [-0.3, -0.25) is 9.59 Å². The Hall–Kier alpha value is -1.84. The van der Waals surface area contributed by atoms with Crippen LogP contribution in [0.5, 0.6) is 0 Å². The monoisotopic (exact) mass is 344 g/mol. The first-order valence-corrected chi connectivity index (χ1v) is 9.60. The minimum Gasteiger partial charge on any atom is -0.356 e. The first kappa shape index (κ1) is 19.5. The normalized spacial score (nSPS) is 17.4. The minimum atomic E-state index is 0.126. The number of rotatable bonds is 7. The van der Waals surface area contributed by atoms with Gasteiger partial charge < -0.3 is 10.2 Å². The van der Waals surface area contributed by atoms with Crippen LogP contribution in [-0.2, 0) is 16.0 Å². The number of carbonyl (C=O) groups excluding carboxylic acids is 2. The van der Waals surface area contributed by atoms with E-state index in [1.165, 1.54) is 16.7 Å². The molecule has 1 aromatic carbocycles. The molecule has 1 aliphatic heterocycles. The molecule has 1 N–H and O–H groups in total. The van der Waals surface area contributed by atoms with Crippen LogP contribution in [0.2, 0.25) is 0 Å². The van der Waals surface area contributed by atoms with Gasteiger partial charge in [0.2, 0.25) is 11.8 Å². The van der Waals surface area contributed by atoms with E-state index < -0.39 is 0 Å². The van der Waals surface area contributed by atoms with Crippen molar-refractivity contribution in [1.29, 1.82) is 0 Å². The molecular formula is C21H32N2O2. The Morgan fingerprint density at radius 1 is 1.24 bits per heavy atom. The van der Waals surface area contributed by atoms with Crippen molar-refractivity contribution in [2.75, 3.05) is 19.6 Å². The number of carbonyl (C=O) groups is 2. The summed E-state index contributed by atoms with van der Waals surface area (Å²) in [5, 5.41) is 3.01. The lowest BCUT2D eigenvalue weighted by molar-refractivity contribution is -0.132. The molecule has 0 saturated carbocycles. The maximum absolute atomic E-state index is 12.6. The van der Waals surface area contributed by atoms with E-state index in [9.17, 15) is 9.59 Å². The average molecular weight is 344 g/mol. The van der Waals surface area contributed by atoms with Gasteiger partial charge in [-0.1, -0.05) is 30.7 Å². The molecule has 1 aliphatic rings. The first-order chi connectivity index (χ1) is 12.0. The number of nitrogens with one attached hydrogen (secondary N) is 1. The van der Waals surface area contributed by atoms with Gasteiger partial charge in [0.05, 0.1) is 0 Å². The summed E-state index contributed by atoms with van der Waals surface area (Å²) in [5.41, 5.74) is 3.79. The van der Waals surface area contributed by atoms with Gasteiger partial charge in [0.25, 0.3) is 0 Å². The molecular weight excluding hydrogens is 312 g/mol. The first-order valence-electron chi connectivity index (χ1n) is 9.60. The van der Waals surface area contributed by atoms with E-state index in [0.717, 1.165) is 38.8 Å². The highest BCUT2D eigenvalue weighted by Gasteiger charge is 2.23. The van der Waals surface area contributed by atoms with Crippen molar-refractivity contribution in [3.8, 4) is 0 Å². The smallest absolute Gasteiger partial charge is 0.222 e. The number of aryl methyl sites for hydroxylation is 3. The predicted octanol–water partition coefficient (Wildman–Crippen LogP) is 3.39. The Labute approximate surface area is 152 Å². The maximum Gasteiger partial charge on any atom is 0.222 e. The van der Waals surface area contributed by atoms with Crippen LogP contribution in [0.4, 0.5) is 0 Å². The van der Waals surface area contributed by atoms with Crippen LogP contribution >= 0.6 is 0 Å². The molecule has 1 fully saturated rings. The molecule has 0 spiro atoms. The molecule has 0 unspecified atom stereocenters. The van der Waals surface area contributed by atoms with Gasteiger partial charge in [-0.2, -0.15) is 0 Å². The second kappa shape index (κ2) is 9.59. The van der Waals surface area contributed by atoms with Crippen molar-refractivity contribution < 1.29 is 9.59 Å². The average Bonchev–Trinajstić information content (AvgIpc) is 2.59. The molecule has 1 heterocycles. The molecule has 2 rings (SSSR count). The number of piperidine rings is 1. The van der Waals surface area contributed by atoms with Crippen molar-refractivity contribution in [2.45, 2.75) is 59.3 Å². The van der Waals surface area contributed by atoms with Crippen molar-refractivity contribution in [2.24, 2.45) is 5.92 Å². The Balaban J connectivity index is 1.79. The van der Waals surface area contributed by atoms with Gasteiger partial charge in [-0.25, -0.2) is 0 Å². The molecule has 4 heteroatoms. The van der Waals surface area contributed by atoms with Crippen LogP contribution < -0.4 is 5.32 Å². The summed E-state index contributed by atoms with van der Waals surface area (Å²) in [6.07, 6.45) is 4.96. The number of hydrogen-bond acceptors (Lipinski definition) is 2. The van der Waals surface area contributed by atoms with E-state index >= 15 is 0 Å². The fourth-order valence-electron chi connectivity index (χ4n) is 3.56. The molecule has 0 radical (unpaired) electrons. The van der Waals surface area contributed by atoms with Crippen molar-refractivity contribution in [3.05, 3.63) is 34.9 Å². The molecule has 4 nitrogen and oxygen atoms in total. The second-order valence-corrected chi connectivity index (χ2v) is 7.33. The lowest BCUT2D eigenvalue weighted by Gasteiger charge is -2.33. The number of nitrogens with zero attached hydrogens (tertiary/aromatic N) is 1. The topological polar surface area (TPSA) is 49.4 Å². The van der Waals surface area contributed by atoms with Crippen LogP contribution in [0, 0.1) is 19.8 Å². The molecule has 2 amide bonds. The molecule has 1 aromatic rings. The fourth-order valence-corrected chi connectivity index (χ4v) is 3.56. The maximum atomic E-state index is 12.6. The zero-order valence-corrected chi connectivity index (χ0v) is 15.9. The van der Waals surface area contributed by atoms with Gasteiger partial charge in [-0.05, 0) is 56.6 Å². The summed E-state index contributed by atoms with van der Waals surface area (Å²) >= 11 is 0. The van der Waals surface area contributed by atoms with Crippen molar-refractivity contribution >= 4 is 11.8 Å². The summed E-state index contributed by atoms with van der Waals surface area (Å²) < 4.78 is 0. The summed E-state index contributed by atoms with van der Waals surface area (Å²) in [6, 6.07) is 6.43. The molecule has 0 bridgehead atoms. The van der Waals surface area contributed by atoms with E-state index in [1.54, 1.807) is 0 Å². The molecule has 1 saturated heterocycles. The quantitative estimate of drug-likeness (QED) is 0.824. The van der Waals surface area contributed by atoms with E-state index in [1.807, 2.05) is 11.8 Å². The third kappa shape index (κ3) is 6.18. The Morgan fingerprint density at radius 3 is 2.76 bits per heavy atom. The zero-order chi connectivity index (χ0) is 18.2.